The van der Waals surface area contributed by atoms with Gasteiger partial charge in [-0.15, -0.1) is 0 Å². The maximum absolute atomic E-state index is 12.8. The van der Waals surface area contributed by atoms with E-state index in [9.17, 15) is 9.90 Å². The smallest absolute Gasteiger partial charge is 0.252 e. The van der Waals surface area contributed by atoms with E-state index in [0.717, 1.165) is 33.8 Å². The van der Waals surface area contributed by atoms with Crippen LogP contribution in [0.25, 0.3) is 11.1 Å². The molecule has 0 spiro atoms. The first-order valence-corrected chi connectivity index (χ1v) is 10.3. The molecule has 1 amide bonds. The monoisotopic (exact) mass is 405 g/mol. The van der Waals surface area contributed by atoms with Gasteiger partial charge in [0.25, 0.3) is 5.91 Å². The normalized spacial score (nSPS) is 17.8. The highest BCUT2D eigenvalue weighted by Crippen LogP contribution is 2.36. The maximum Gasteiger partial charge on any atom is 0.252 e. The fraction of sp³-hybridized carbons (Fsp3) is 0.348. The Bertz CT molecular complexity index is 997. The first-order valence-electron chi connectivity index (χ1n) is 10.3. The number of anilines is 2. The number of allylic oxidation sites excluding steroid dienone is 1. The molecular weight excluding hydrogens is 378 g/mol. The number of aliphatic hydroxyl groups excluding tert-OH is 1. The number of hydrazone groups is 1. The molecule has 3 N–H and O–H groups in total. The third-order valence-electron chi connectivity index (χ3n) is 5.51. The number of aromatic nitrogens is 1. The zero-order valence-corrected chi connectivity index (χ0v) is 17.3. The van der Waals surface area contributed by atoms with Gasteiger partial charge >= 0.3 is 0 Å². The predicted octanol–water partition coefficient (Wildman–Crippen LogP) is 2.72. The number of hydrogen-bond acceptors (Lipinski definition) is 6. The number of nitrogens with zero attached hydrogens (tertiary/aromatic N) is 3. The molecule has 2 heterocycles. The van der Waals surface area contributed by atoms with Gasteiger partial charge in [0.1, 0.15) is 11.9 Å². The van der Waals surface area contributed by atoms with Crippen molar-refractivity contribution in [2.24, 2.45) is 11.0 Å². The van der Waals surface area contributed by atoms with Crippen LogP contribution < -0.4 is 15.6 Å². The summed E-state index contributed by atoms with van der Waals surface area (Å²) in [6.45, 7) is 2.62. The molecule has 2 aromatic rings. The van der Waals surface area contributed by atoms with Gasteiger partial charge in [0.2, 0.25) is 0 Å². The van der Waals surface area contributed by atoms with E-state index >= 15 is 0 Å². The summed E-state index contributed by atoms with van der Waals surface area (Å²) < 4.78 is 0. The van der Waals surface area contributed by atoms with Crippen molar-refractivity contribution in [2.75, 3.05) is 30.4 Å². The standard InChI is InChI=1S/C23H27N5O2/c1-15-3-6-19(26-23(30)21-11-18(14-25-27-21)16-4-5-16)13-20(15)17-7-8-24-22(12-17)28(2)9-10-29/h3,6-8,11-14,16,21,27,29H,4-5,9-10H2,1-2H3,(H,26,30). The fourth-order valence-electron chi connectivity index (χ4n) is 3.55. The van der Waals surface area contributed by atoms with E-state index in [1.54, 1.807) is 6.20 Å². The van der Waals surface area contributed by atoms with Crippen LogP contribution in [0.1, 0.15) is 18.4 Å². The molecule has 7 heteroatoms. The minimum absolute atomic E-state index is 0.0686. The molecule has 0 saturated heterocycles. The zero-order chi connectivity index (χ0) is 21.1. The Morgan fingerprint density at radius 3 is 2.90 bits per heavy atom. The summed E-state index contributed by atoms with van der Waals surface area (Å²) in [6, 6.07) is 9.37. The van der Waals surface area contributed by atoms with E-state index < -0.39 is 6.04 Å². The molecule has 156 valence electrons. The van der Waals surface area contributed by atoms with Gasteiger partial charge in [0.05, 0.1) is 12.8 Å². The van der Waals surface area contributed by atoms with Gasteiger partial charge in [-0.05, 0) is 78.3 Å². The Labute approximate surface area is 176 Å². The highest BCUT2D eigenvalue weighted by Gasteiger charge is 2.28. The summed E-state index contributed by atoms with van der Waals surface area (Å²) in [6.07, 6.45) is 7.91. The third kappa shape index (κ3) is 4.52. The molecule has 7 nitrogen and oxygen atoms in total. The second-order valence-electron chi connectivity index (χ2n) is 7.87. The van der Waals surface area contributed by atoms with Crippen LogP contribution >= 0.6 is 0 Å². The third-order valence-corrected chi connectivity index (χ3v) is 5.51. The Morgan fingerprint density at radius 1 is 1.30 bits per heavy atom. The maximum atomic E-state index is 12.8. The number of amides is 1. The summed E-state index contributed by atoms with van der Waals surface area (Å²) in [5.41, 5.74) is 7.91. The lowest BCUT2D eigenvalue weighted by atomic mass is 10.0. The molecule has 0 radical (unpaired) electrons. The number of pyridine rings is 1. The second kappa shape index (κ2) is 8.67. The number of nitrogens with one attached hydrogen (secondary N) is 2. The number of carbonyl (C=O) groups is 1. The number of carbonyl (C=O) groups excluding carboxylic acids is 1. The van der Waals surface area contributed by atoms with Crippen LogP contribution in [0.3, 0.4) is 0 Å². The Balaban J connectivity index is 1.53. The van der Waals surface area contributed by atoms with E-state index in [1.807, 2.05) is 61.5 Å². The molecule has 1 atom stereocenters. The minimum atomic E-state index is -0.463. The lowest BCUT2D eigenvalue weighted by Gasteiger charge is -2.19. The van der Waals surface area contributed by atoms with Crippen molar-refractivity contribution >= 4 is 23.6 Å². The number of rotatable bonds is 7. The Kier molecular flexibility index (Phi) is 5.81. The van der Waals surface area contributed by atoms with E-state index in [4.69, 9.17) is 0 Å². The van der Waals surface area contributed by atoms with Crippen LogP contribution in [0, 0.1) is 12.8 Å². The molecule has 1 unspecified atom stereocenters. The van der Waals surface area contributed by atoms with Gasteiger partial charge in [0.15, 0.2) is 0 Å². The summed E-state index contributed by atoms with van der Waals surface area (Å²) in [7, 11) is 1.90. The van der Waals surface area contributed by atoms with Gasteiger partial charge < -0.3 is 15.3 Å². The SMILES string of the molecule is Cc1ccc(NC(=O)C2C=C(C3CC3)C=NN2)cc1-c1ccnc(N(C)CCO)c1. The molecule has 0 bridgehead atoms. The summed E-state index contributed by atoms with van der Waals surface area (Å²) in [5, 5.41) is 16.3. The fourth-order valence-corrected chi connectivity index (χ4v) is 3.55. The molecule has 1 fully saturated rings. The summed E-state index contributed by atoms with van der Waals surface area (Å²) >= 11 is 0. The number of aliphatic hydroxyl groups is 1. The van der Waals surface area contributed by atoms with Crippen molar-refractivity contribution in [1.29, 1.82) is 0 Å². The largest absolute Gasteiger partial charge is 0.395 e. The molecule has 1 aliphatic carbocycles. The summed E-state index contributed by atoms with van der Waals surface area (Å²) in [5.74, 6) is 1.22. The molecular formula is C23H27N5O2. The van der Waals surface area contributed by atoms with Gasteiger partial charge in [0, 0.05) is 25.5 Å². The highest BCUT2D eigenvalue weighted by molar-refractivity contribution is 5.98. The van der Waals surface area contributed by atoms with Crippen LogP contribution in [0.2, 0.25) is 0 Å². The average molecular weight is 406 g/mol. The van der Waals surface area contributed by atoms with Crippen LogP contribution in [0.4, 0.5) is 11.5 Å². The highest BCUT2D eigenvalue weighted by atomic mass is 16.3. The van der Waals surface area contributed by atoms with Gasteiger partial charge in [-0.1, -0.05) is 6.07 Å². The van der Waals surface area contributed by atoms with Crippen LogP contribution in [0.5, 0.6) is 0 Å². The lowest BCUT2D eigenvalue weighted by molar-refractivity contribution is -0.117. The number of hydrogen-bond donors (Lipinski definition) is 3. The Hall–Kier alpha value is -3.19. The van der Waals surface area contributed by atoms with E-state index in [-0.39, 0.29) is 12.5 Å². The van der Waals surface area contributed by atoms with Crippen molar-refractivity contribution < 1.29 is 9.90 Å². The van der Waals surface area contributed by atoms with Crippen molar-refractivity contribution in [3.05, 3.63) is 53.7 Å². The first kappa shape index (κ1) is 20.1. The van der Waals surface area contributed by atoms with E-state index in [0.29, 0.717) is 12.5 Å². The first-order chi connectivity index (χ1) is 14.5. The quantitative estimate of drug-likeness (QED) is 0.659. The van der Waals surface area contributed by atoms with Crippen LogP contribution in [-0.2, 0) is 4.79 Å². The predicted molar refractivity (Wildman–Crippen MR) is 120 cm³/mol. The zero-order valence-electron chi connectivity index (χ0n) is 17.3. The number of benzene rings is 1. The molecule has 2 aliphatic rings. The van der Waals surface area contributed by atoms with Crippen molar-refractivity contribution in [3.8, 4) is 11.1 Å². The van der Waals surface area contributed by atoms with Crippen LogP contribution in [0.15, 0.2) is 53.3 Å². The molecule has 30 heavy (non-hydrogen) atoms. The lowest BCUT2D eigenvalue weighted by Crippen LogP contribution is -2.38. The molecule has 4 rings (SSSR count). The number of likely N-dealkylation sites (N-methyl/N-ethyl adjacent to an activating group) is 1. The second-order valence-corrected chi connectivity index (χ2v) is 7.87. The van der Waals surface area contributed by atoms with Crippen LogP contribution in [-0.4, -0.2) is 48.5 Å². The van der Waals surface area contributed by atoms with Crippen molar-refractivity contribution in [1.82, 2.24) is 10.4 Å². The topological polar surface area (TPSA) is 89.8 Å². The van der Waals surface area contributed by atoms with Gasteiger partial charge in [-0.3, -0.25) is 10.2 Å². The Morgan fingerprint density at radius 2 is 2.13 bits per heavy atom. The van der Waals surface area contributed by atoms with Crippen molar-refractivity contribution in [3.63, 3.8) is 0 Å². The molecule has 1 saturated carbocycles. The molecule has 1 aliphatic heterocycles. The summed E-state index contributed by atoms with van der Waals surface area (Å²) in [4.78, 5) is 19.1. The molecule has 1 aromatic heterocycles. The van der Waals surface area contributed by atoms with E-state index in [1.165, 1.54) is 12.8 Å². The average Bonchev–Trinajstić information content (AvgIpc) is 3.61. The van der Waals surface area contributed by atoms with Gasteiger partial charge in [-0.2, -0.15) is 5.10 Å². The van der Waals surface area contributed by atoms with Gasteiger partial charge in [-0.25, -0.2) is 4.98 Å². The molecule has 1 aromatic carbocycles. The minimum Gasteiger partial charge on any atom is -0.395 e. The van der Waals surface area contributed by atoms with Crippen molar-refractivity contribution in [2.45, 2.75) is 25.8 Å². The number of aryl methyl sites for hydroxylation is 1. The van der Waals surface area contributed by atoms with E-state index in [2.05, 4.69) is 20.8 Å².